The topological polar surface area (TPSA) is 96.5 Å². The van der Waals surface area contributed by atoms with Crippen LogP contribution in [0.15, 0.2) is 30.6 Å². The van der Waals surface area contributed by atoms with Gasteiger partial charge in [-0.3, -0.25) is 10.1 Å². The SMILES string of the molecule is CC(C)(C)OC(=O)C1CCCN1c1cc(N2CCOCC2)nc2c(-c3ccn[nH]3)nccc12. The molecule has 1 atom stereocenters. The largest absolute Gasteiger partial charge is 0.458 e. The van der Waals surface area contributed by atoms with Gasteiger partial charge >= 0.3 is 5.97 Å². The molecule has 2 aliphatic rings. The molecule has 1 N–H and O–H groups in total. The van der Waals surface area contributed by atoms with Gasteiger partial charge in [0.25, 0.3) is 0 Å². The highest BCUT2D eigenvalue weighted by molar-refractivity contribution is 6.01. The molecule has 3 aromatic rings. The zero-order chi connectivity index (χ0) is 23.0. The van der Waals surface area contributed by atoms with Gasteiger partial charge in [-0.05, 0) is 45.7 Å². The lowest BCUT2D eigenvalue weighted by Gasteiger charge is -2.32. The van der Waals surface area contributed by atoms with Crippen LogP contribution < -0.4 is 9.80 Å². The molecule has 0 aliphatic carbocycles. The third kappa shape index (κ3) is 4.37. The van der Waals surface area contributed by atoms with Crippen LogP contribution in [0.2, 0.25) is 0 Å². The Morgan fingerprint density at radius 2 is 2.00 bits per heavy atom. The first-order valence-electron chi connectivity index (χ1n) is 11.5. The minimum atomic E-state index is -0.525. The van der Waals surface area contributed by atoms with Crippen molar-refractivity contribution >= 4 is 28.4 Å². The first-order valence-corrected chi connectivity index (χ1v) is 11.5. The Bertz CT molecular complexity index is 1140. The Morgan fingerprint density at radius 1 is 1.18 bits per heavy atom. The maximum Gasteiger partial charge on any atom is 0.329 e. The lowest BCUT2D eigenvalue weighted by molar-refractivity contribution is -0.156. The number of esters is 1. The molecule has 3 aromatic heterocycles. The van der Waals surface area contributed by atoms with Gasteiger partial charge in [0.1, 0.15) is 28.7 Å². The maximum atomic E-state index is 13.1. The molecule has 1 unspecified atom stereocenters. The van der Waals surface area contributed by atoms with Crippen molar-refractivity contribution in [3.05, 3.63) is 30.6 Å². The third-order valence-corrected chi connectivity index (χ3v) is 6.02. The number of nitrogens with zero attached hydrogens (tertiary/aromatic N) is 5. The fourth-order valence-corrected chi connectivity index (χ4v) is 4.57. The molecule has 9 heteroatoms. The van der Waals surface area contributed by atoms with Gasteiger partial charge in [-0.25, -0.2) is 9.78 Å². The highest BCUT2D eigenvalue weighted by Gasteiger charge is 2.35. The summed E-state index contributed by atoms with van der Waals surface area (Å²) >= 11 is 0. The summed E-state index contributed by atoms with van der Waals surface area (Å²) in [6.45, 7) is 9.38. The molecule has 5 heterocycles. The van der Waals surface area contributed by atoms with Gasteiger partial charge in [0, 0.05) is 43.5 Å². The molecule has 0 saturated carbocycles. The Labute approximate surface area is 193 Å². The Morgan fingerprint density at radius 3 is 2.73 bits per heavy atom. The van der Waals surface area contributed by atoms with Crippen LogP contribution in [0, 0.1) is 0 Å². The first-order chi connectivity index (χ1) is 15.9. The summed E-state index contributed by atoms with van der Waals surface area (Å²) in [5.74, 6) is 0.685. The molecule has 33 heavy (non-hydrogen) atoms. The summed E-state index contributed by atoms with van der Waals surface area (Å²) in [6, 6.07) is 5.65. The van der Waals surface area contributed by atoms with E-state index < -0.39 is 5.60 Å². The second-order valence-electron chi connectivity index (χ2n) is 9.51. The number of fused-ring (bicyclic) bond motifs is 1. The van der Waals surface area contributed by atoms with E-state index >= 15 is 0 Å². The molecular weight excluding hydrogens is 420 g/mol. The lowest BCUT2D eigenvalue weighted by Crippen LogP contribution is -2.41. The summed E-state index contributed by atoms with van der Waals surface area (Å²) in [5, 5.41) is 8.07. The number of rotatable bonds is 4. The van der Waals surface area contributed by atoms with Gasteiger partial charge in [0.05, 0.1) is 24.6 Å². The van der Waals surface area contributed by atoms with Gasteiger partial charge in [0.15, 0.2) is 0 Å². The average Bonchev–Trinajstić information content (AvgIpc) is 3.50. The Kier molecular flexibility index (Phi) is 5.65. The fraction of sp³-hybridized carbons (Fsp3) is 0.500. The third-order valence-electron chi connectivity index (χ3n) is 6.02. The van der Waals surface area contributed by atoms with E-state index in [0.717, 1.165) is 66.3 Å². The molecule has 5 rings (SSSR count). The van der Waals surface area contributed by atoms with Gasteiger partial charge < -0.3 is 19.3 Å². The second kappa shape index (κ2) is 8.62. The standard InChI is InChI=1S/C24H30N6O3/c1-24(2,3)33-23(31)18-5-4-10-30(18)19-15-20(29-11-13-32-14-12-29)27-21-16(19)6-8-25-22(21)17-7-9-26-28-17/h6-9,15,18H,4-5,10-14H2,1-3H3,(H,26,28). The predicted molar refractivity (Wildman–Crippen MR) is 126 cm³/mol. The number of aromatic nitrogens is 4. The first kappa shape index (κ1) is 21.6. The summed E-state index contributed by atoms with van der Waals surface area (Å²) in [6.07, 6.45) is 5.20. The van der Waals surface area contributed by atoms with Crippen LogP contribution in [0.4, 0.5) is 11.5 Å². The van der Waals surface area contributed by atoms with E-state index in [1.54, 1.807) is 12.4 Å². The van der Waals surface area contributed by atoms with E-state index in [-0.39, 0.29) is 12.0 Å². The van der Waals surface area contributed by atoms with Crippen molar-refractivity contribution in [3.8, 4) is 11.4 Å². The van der Waals surface area contributed by atoms with Crippen molar-refractivity contribution in [2.24, 2.45) is 0 Å². The minimum Gasteiger partial charge on any atom is -0.458 e. The van der Waals surface area contributed by atoms with Crippen LogP contribution in [0.25, 0.3) is 22.3 Å². The number of hydrogen-bond donors (Lipinski definition) is 1. The Balaban J connectivity index is 1.64. The zero-order valence-electron chi connectivity index (χ0n) is 19.4. The van der Waals surface area contributed by atoms with Crippen LogP contribution in [-0.4, -0.2) is 70.6 Å². The average molecular weight is 451 g/mol. The molecular formula is C24H30N6O3. The minimum absolute atomic E-state index is 0.180. The monoisotopic (exact) mass is 450 g/mol. The molecule has 0 radical (unpaired) electrons. The molecule has 0 amide bonds. The Hall–Kier alpha value is -3.20. The summed E-state index contributed by atoms with van der Waals surface area (Å²) in [4.78, 5) is 27.2. The number of anilines is 2. The molecule has 174 valence electrons. The lowest BCUT2D eigenvalue weighted by atomic mass is 10.1. The van der Waals surface area contributed by atoms with E-state index in [2.05, 4.69) is 31.0 Å². The molecule has 2 aliphatic heterocycles. The second-order valence-corrected chi connectivity index (χ2v) is 9.51. The van der Waals surface area contributed by atoms with Crippen molar-refractivity contribution < 1.29 is 14.3 Å². The van der Waals surface area contributed by atoms with Gasteiger partial charge in [-0.1, -0.05) is 0 Å². The number of nitrogens with one attached hydrogen (secondary N) is 1. The van der Waals surface area contributed by atoms with Crippen LogP contribution in [0.3, 0.4) is 0 Å². The number of hydrogen-bond acceptors (Lipinski definition) is 8. The van der Waals surface area contributed by atoms with Crippen molar-refractivity contribution in [2.45, 2.75) is 45.3 Å². The van der Waals surface area contributed by atoms with E-state index in [9.17, 15) is 4.79 Å². The quantitative estimate of drug-likeness (QED) is 0.606. The molecule has 0 aromatic carbocycles. The normalized spacial score (nSPS) is 19.3. The molecule has 9 nitrogen and oxygen atoms in total. The highest BCUT2D eigenvalue weighted by atomic mass is 16.6. The molecule has 0 spiro atoms. The van der Waals surface area contributed by atoms with E-state index in [0.29, 0.717) is 13.2 Å². The number of aromatic amines is 1. The van der Waals surface area contributed by atoms with Crippen LogP contribution in [-0.2, 0) is 14.3 Å². The smallest absolute Gasteiger partial charge is 0.329 e. The number of pyridine rings is 2. The fourth-order valence-electron chi connectivity index (χ4n) is 4.57. The van der Waals surface area contributed by atoms with Crippen LogP contribution in [0.1, 0.15) is 33.6 Å². The number of morpholine rings is 1. The molecule has 2 fully saturated rings. The van der Waals surface area contributed by atoms with Gasteiger partial charge in [-0.2, -0.15) is 5.10 Å². The molecule has 0 bridgehead atoms. The van der Waals surface area contributed by atoms with Crippen LogP contribution >= 0.6 is 0 Å². The zero-order valence-corrected chi connectivity index (χ0v) is 19.4. The predicted octanol–water partition coefficient (Wildman–Crippen LogP) is 3.17. The van der Waals surface area contributed by atoms with Gasteiger partial charge in [-0.15, -0.1) is 0 Å². The maximum absolute atomic E-state index is 13.1. The number of H-pyrrole nitrogens is 1. The van der Waals surface area contributed by atoms with Crippen LogP contribution in [0.5, 0.6) is 0 Å². The summed E-state index contributed by atoms with van der Waals surface area (Å²) in [7, 11) is 0. The number of carbonyl (C=O) groups excluding carboxylic acids is 1. The van der Waals surface area contributed by atoms with E-state index in [1.165, 1.54) is 0 Å². The summed E-state index contributed by atoms with van der Waals surface area (Å²) < 4.78 is 11.3. The van der Waals surface area contributed by atoms with Crippen molar-refractivity contribution in [3.63, 3.8) is 0 Å². The number of ether oxygens (including phenoxy) is 2. The van der Waals surface area contributed by atoms with Gasteiger partial charge in [0.2, 0.25) is 0 Å². The van der Waals surface area contributed by atoms with Crippen molar-refractivity contribution in [1.82, 2.24) is 20.2 Å². The van der Waals surface area contributed by atoms with Crippen molar-refractivity contribution in [2.75, 3.05) is 42.6 Å². The highest BCUT2D eigenvalue weighted by Crippen LogP contribution is 2.37. The molecule has 2 saturated heterocycles. The van der Waals surface area contributed by atoms with E-state index in [1.807, 2.05) is 32.9 Å². The summed E-state index contributed by atoms with van der Waals surface area (Å²) in [5.41, 5.74) is 2.80. The van der Waals surface area contributed by atoms with Crippen molar-refractivity contribution in [1.29, 1.82) is 0 Å². The van der Waals surface area contributed by atoms with E-state index in [4.69, 9.17) is 14.5 Å². The number of carbonyl (C=O) groups is 1.